The van der Waals surface area contributed by atoms with Gasteiger partial charge in [0.05, 0.1) is 11.1 Å². The van der Waals surface area contributed by atoms with E-state index in [0.29, 0.717) is 17.4 Å². The Bertz CT molecular complexity index is 438. The monoisotopic (exact) mass is 284 g/mol. The highest BCUT2D eigenvalue weighted by molar-refractivity contribution is 6.30. The molecular weight excluding hydrogens is 263 g/mol. The molecule has 4 heteroatoms. The fraction of sp³-hybridized carbons (Fsp3) is 0.600. The van der Waals surface area contributed by atoms with E-state index < -0.39 is 0 Å². The minimum absolute atomic E-state index is 0.159. The van der Waals surface area contributed by atoms with Crippen molar-refractivity contribution in [1.29, 1.82) is 0 Å². The number of nitrogens with two attached hydrogens (primary N) is 1. The number of rotatable bonds is 3. The van der Waals surface area contributed by atoms with Crippen LogP contribution in [-0.4, -0.2) is 0 Å². The number of benzene rings is 1. The summed E-state index contributed by atoms with van der Waals surface area (Å²) in [7, 11) is 0. The highest BCUT2D eigenvalue weighted by Crippen LogP contribution is 2.40. The molecule has 106 valence electrons. The molecule has 2 nitrogen and oxygen atoms in total. The van der Waals surface area contributed by atoms with Gasteiger partial charge in [0.25, 0.3) is 0 Å². The maximum absolute atomic E-state index is 14.1. The molecule has 4 atom stereocenters. The summed E-state index contributed by atoms with van der Waals surface area (Å²) in [6, 6.07) is 4.96. The predicted octanol–water partition coefficient (Wildman–Crippen LogP) is 4.06. The molecule has 1 saturated carbocycles. The average Bonchev–Trinajstić information content (AvgIpc) is 2.39. The van der Waals surface area contributed by atoms with Crippen LogP contribution in [0.15, 0.2) is 18.2 Å². The van der Waals surface area contributed by atoms with Crippen molar-refractivity contribution in [3.8, 4) is 0 Å². The van der Waals surface area contributed by atoms with Gasteiger partial charge in [-0.25, -0.2) is 4.39 Å². The Balaban J connectivity index is 2.22. The summed E-state index contributed by atoms with van der Waals surface area (Å²) >= 11 is 5.86. The summed E-state index contributed by atoms with van der Waals surface area (Å²) in [5, 5.41) is 0.162. The quantitative estimate of drug-likeness (QED) is 0.649. The van der Waals surface area contributed by atoms with Gasteiger partial charge in [-0.05, 0) is 36.7 Å². The molecule has 1 aliphatic rings. The van der Waals surface area contributed by atoms with Gasteiger partial charge in [0.1, 0.15) is 5.82 Å². The van der Waals surface area contributed by atoms with Crippen LogP contribution in [0.25, 0.3) is 0 Å². The van der Waals surface area contributed by atoms with Gasteiger partial charge in [-0.15, -0.1) is 0 Å². The average molecular weight is 285 g/mol. The molecule has 0 radical (unpaired) electrons. The predicted molar refractivity (Wildman–Crippen MR) is 77.1 cm³/mol. The van der Waals surface area contributed by atoms with Gasteiger partial charge in [0.2, 0.25) is 0 Å². The van der Waals surface area contributed by atoms with Crippen LogP contribution >= 0.6 is 11.6 Å². The van der Waals surface area contributed by atoms with Crippen molar-refractivity contribution in [3.05, 3.63) is 34.6 Å². The van der Waals surface area contributed by atoms with E-state index in [2.05, 4.69) is 19.3 Å². The molecule has 2 rings (SSSR count). The zero-order valence-corrected chi connectivity index (χ0v) is 12.3. The lowest BCUT2D eigenvalue weighted by Gasteiger charge is -2.36. The zero-order chi connectivity index (χ0) is 14.0. The summed E-state index contributed by atoms with van der Waals surface area (Å²) in [5.74, 6) is 7.08. The number of nitrogens with one attached hydrogen (secondary N) is 1. The molecule has 1 aromatic rings. The fourth-order valence-corrected chi connectivity index (χ4v) is 3.31. The molecule has 19 heavy (non-hydrogen) atoms. The van der Waals surface area contributed by atoms with Crippen LogP contribution < -0.4 is 11.3 Å². The molecule has 0 spiro atoms. The third-order valence-corrected chi connectivity index (χ3v) is 4.90. The second-order valence-electron chi connectivity index (χ2n) is 5.82. The molecule has 4 unspecified atom stereocenters. The molecule has 0 heterocycles. The maximum atomic E-state index is 14.1. The summed E-state index contributed by atoms with van der Waals surface area (Å²) in [5.41, 5.74) is 3.38. The van der Waals surface area contributed by atoms with Crippen LogP contribution in [0.1, 0.15) is 44.7 Å². The highest BCUT2D eigenvalue weighted by Gasteiger charge is 2.32. The fourth-order valence-electron chi connectivity index (χ4n) is 3.13. The van der Waals surface area contributed by atoms with Crippen molar-refractivity contribution in [2.24, 2.45) is 23.6 Å². The van der Waals surface area contributed by atoms with E-state index in [-0.39, 0.29) is 16.9 Å². The van der Waals surface area contributed by atoms with Gasteiger partial charge in [0, 0.05) is 5.56 Å². The molecule has 0 bridgehead atoms. The van der Waals surface area contributed by atoms with E-state index in [1.807, 2.05) is 0 Å². The second-order valence-corrected chi connectivity index (χ2v) is 6.22. The first-order chi connectivity index (χ1) is 9.04. The normalized spacial score (nSPS) is 29.2. The van der Waals surface area contributed by atoms with Gasteiger partial charge in [-0.3, -0.25) is 11.3 Å². The van der Waals surface area contributed by atoms with E-state index >= 15 is 0 Å². The first-order valence-electron chi connectivity index (χ1n) is 6.94. The van der Waals surface area contributed by atoms with E-state index in [1.54, 1.807) is 18.2 Å². The highest BCUT2D eigenvalue weighted by atomic mass is 35.5. The third-order valence-electron chi connectivity index (χ3n) is 4.61. The SMILES string of the molecule is CC1CCC(C(NN)c2cccc(Cl)c2F)CC1C. The smallest absolute Gasteiger partial charge is 0.146 e. The van der Waals surface area contributed by atoms with Crippen molar-refractivity contribution in [1.82, 2.24) is 5.43 Å². The van der Waals surface area contributed by atoms with Gasteiger partial charge in [-0.2, -0.15) is 0 Å². The lowest BCUT2D eigenvalue weighted by molar-refractivity contribution is 0.169. The lowest BCUT2D eigenvalue weighted by Crippen LogP contribution is -2.37. The molecule has 0 aromatic heterocycles. The van der Waals surface area contributed by atoms with E-state index in [4.69, 9.17) is 17.4 Å². The van der Waals surface area contributed by atoms with Gasteiger partial charge in [-0.1, -0.05) is 44.0 Å². The lowest BCUT2D eigenvalue weighted by atomic mass is 9.72. The Morgan fingerprint density at radius 1 is 1.32 bits per heavy atom. The molecule has 0 amide bonds. The summed E-state index contributed by atoms with van der Waals surface area (Å²) in [6.45, 7) is 4.55. The minimum Gasteiger partial charge on any atom is -0.271 e. The molecule has 3 N–H and O–H groups in total. The van der Waals surface area contributed by atoms with Gasteiger partial charge < -0.3 is 0 Å². The van der Waals surface area contributed by atoms with Crippen LogP contribution in [0.4, 0.5) is 4.39 Å². The Labute approximate surface area is 119 Å². The van der Waals surface area contributed by atoms with Crippen molar-refractivity contribution >= 4 is 11.6 Å². The molecule has 0 saturated heterocycles. The summed E-state index contributed by atoms with van der Waals surface area (Å²) in [4.78, 5) is 0. The van der Waals surface area contributed by atoms with Crippen LogP contribution in [0.5, 0.6) is 0 Å². The Morgan fingerprint density at radius 2 is 2.05 bits per heavy atom. The Kier molecular flexibility index (Phi) is 4.82. The van der Waals surface area contributed by atoms with Crippen LogP contribution in [0, 0.1) is 23.6 Å². The molecule has 1 fully saturated rings. The third kappa shape index (κ3) is 3.10. The number of hydrazine groups is 1. The van der Waals surface area contributed by atoms with E-state index in [1.165, 1.54) is 6.42 Å². The topological polar surface area (TPSA) is 38.0 Å². The van der Waals surface area contributed by atoms with Crippen molar-refractivity contribution in [2.45, 2.75) is 39.2 Å². The number of hydrogen-bond acceptors (Lipinski definition) is 2. The molecule has 1 aromatic carbocycles. The first-order valence-corrected chi connectivity index (χ1v) is 7.32. The summed E-state index contributed by atoms with van der Waals surface area (Å²) in [6.07, 6.45) is 3.32. The van der Waals surface area contributed by atoms with Crippen LogP contribution in [0.3, 0.4) is 0 Å². The zero-order valence-electron chi connectivity index (χ0n) is 11.5. The van der Waals surface area contributed by atoms with Crippen molar-refractivity contribution < 1.29 is 4.39 Å². The maximum Gasteiger partial charge on any atom is 0.146 e. The summed E-state index contributed by atoms with van der Waals surface area (Å²) < 4.78 is 14.1. The van der Waals surface area contributed by atoms with Crippen LogP contribution in [0.2, 0.25) is 5.02 Å². The number of halogens is 2. The Hall–Kier alpha value is -0.640. The van der Waals surface area contributed by atoms with Crippen molar-refractivity contribution in [3.63, 3.8) is 0 Å². The van der Waals surface area contributed by atoms with E-state index in [0.717, 1.165) is 18.8 Å². The molecule has 0 aliphatic heterocycles. The molecular formula is C15H22ClFN2. The largest absolute Gasteiger partial charge is 0.271 e. The van der Waals surface area contributed by atoms with E-state index in [9.17, 15) is 4.39 Å². The van der Waals surface area contributed by atoms with Crippen LogP contribution in [-0.2, 0) is 0 Å². The minimum atomic E-state index is -0.349. The Morgan fingerprint density at radius 3 is 2.68 bits per heavy atom. The standard InChI is InChI=1S/C15H22ClFN2/c1-9-6-7-11(8-10(9)2)15(19-18)12-4-3-5-13(16)14(12)17/h3-5,9-11,15,19H,6-8,18H2,1-2H3. The number of hydrogen-bond donors (Lipinski definition) is 2. The second kappa shape index (κ2) is 6.21. The first kappa shape index (κ1) is 14.8. The molecule has 1 aliphatic carbocycles. The van der Waals surface area contributed by atoms with Crippen molar-refractivity contribution in [2.75, 3.05) is 0 Å². The van der Waals surface area contributed by atoms with Gasteiger partial charge in [0.15, 0.2) is 0 Å². The van der Waals surface area contributed by atoms with Gasteiger partial charge >= 0.3 is 0 Å².